The van der Waals surface area contributed by atoms with Gasteiger partial charge < -0.3 is 15.8 Å². The molecule has 0 aliphatic rings. The van der Waals surface area contributed by atoms with Crippen LogP contribution in [0.5, 0.6) is 5.75 Å². The van der Waals surface area contributed by atoms with Crippen molar-refractivity contribution in [2.45, 2.75) is 45.7 Å². The molecule has 0 spiro atoms. The number of nitrogens with two attached hydrogens (primary N) is 1. The van der Waals surface area contributed by atoms with Crippen LogP contribution in [0.3, 0.4) is 0 Å². The summed E-state index contributed by atoms with van der Waals surface area (Å²) in [6.07, 6.45) is 0.863. The molecule has 0 bridgehead atoms. The lowest BCUT2D eigenvalue weighted by Crippen LogP contribution is -2.44. The summed E-state index contributed by atoms with van der Waals surface area (Å²) in [5.74, 6) is 0.517. The number of hydrogen-bond acceptors (Lipinski definition) is 3. The van der Waals surface area contributed by atoms with Crippen LogP contribution in [0, 0.1) is 0 Å². The van der Waals surface area contributed by atoms with Gasteiger partial charge in [0.2, 0.25) is 0 Å². The molecule has 112 valence electrons. The number of ether oxygens (including phenoxy) is 1. The first-order valence-corrected chi connectivity index (χ1v) is 7.53. The van der Waals surface area contributed by atoms with Crippen LogP contribution in [0.25, 0.3) is 0 Å². The molecule has 0 aliphatic heterocycles. The van der Waals surface area contributed by atoms with Gasteiger partial charge in [-0.1, -0.05) is 22.9 Å². The fraction of sp³-hybridized carbons (Fsp3) is 0.533. The van der Waals surface area contributed by atoms with Crippen molar-refractivity contribution < 1.29 is 9.53 Å². The van der Waals surface area contributed by atoms with Gasteiger partial charge in [0.25, 0.3) is 5.91 Å². The van der Waals surface area contributed by atoms with E-state index in [2.05, 4.69) is 21.2 Å². The maximum absolute atomic E-state index is 11.9. The average Bonchev–Trinajstić information content (AvgIpc) is 2.36. The number of benzene rings is 1. The smallest absolute Gasteiger partial charge is 0.258 e. The number of carbonyl (C=O) groups excluding carboxylic acids is 1. The summed E-state index contributed by atoms with van der Waals surface area (Å²) in [7, 11) is 0. The highest BCUT2D eigenvalue weighted by Gasteiger charge is 2.18. The molecule has 5 heteroatoms. The highest BCUT2D eigenvalue weighted by Crippen LogP contribution is 2.27. The van der Waals surface area contributed by atoms with E-state index in [0.29, 0.717) is 5.75 Å². The second-order valence-corrected chi connectivity index (χ2v) is 6.46. The molecule has 0 radical (unpaired) electrons. The topological polar surface area (TPSA) is 64.3 Å². The van der Waals surface area contributed by atoms with E-state index in [1.807, 2.05) is 45.9 Å². The van der Waals surface area contributed by atoms with Gasteiger partial charge in [-0.05, 0) is 45.4 Å². The Hall–Kier alpha value is -1.07. The van der Waals surface area contributed by atoms with Crippen LogP contribution in [0.2, 0.25) is 0 Å². The summed E-state index contributed by atoms with van der Waals surface area (Å²) in [6, 6.07) is 5.45. The van der Waals surface area contributed by atoms with Gasteiger partial charge in [-0.25, -0.2) is 0 Å². The average molecular weight is 343 g/mol. The normalized spacial score (nSPS) is 12.9. The minimum Gasteiger partial charge on any atom is -0.483 e. The summed E-state index contributed by atoms with van der Waals surface area (Å²) >= 11 is 3.40. The SMILES string of the molecule is CCC(C)(C)NC(=O)COc1ccc(Br)cc1C(C)N. The lowest BCUT2D eigenvalue weighted by atomic mass is 10.0. The number of rotatable bonds is 6. The first-order chi connectivity index (χ1) is 9.25. The van der Waals surface area contributed by atoms with Crippen LogP contribution in [-0.4, -0.2) is 18.1 Å². The summed E-state index contributed by atoms with van der Waals surface area (Å²) in [4.78, 5) is 11.9. The summed E-state index contributed by atoms with van der Waals surface area (Å²) in [5, 5.41) is 2.93. The molecular weight excluding hydrogens is 320 g/mol. The van der Waals surface area contributed by atoms with Crippen molar-refractivity contribution in [3.8, 4) is 5.75 Å². The van der Waals surface area contributed by atoms with Crippen molar-refractivity contribution in [2.75, 3.05) is 6.61 Å². The molecule has 1 aromatic rings. The Balaban J connectivity index is 2.68. The lowest BCUT2D eigenvalue weighted by molar-refractivity contribution is -0.124. The third-order valence-corrected chi connectivity index (χ3v) is 3.68. The minimum atomic E-state index is -0.218. The van der Waals surface area contributed by atoms with Crippen LogP contribution in [0.15, 0.2) is 22.7 Å². The van der Waals surface area contributed by atoms with E-state index >= 15 is 0 Å². The zero-order chi connectivity index (χ0) is 15.3. The van der Waals surface area contributed by atoms with E-state index in [4.69, 9.17) is 10.5 Å². The predicted octanol–water partition coefficient (Wildman–Crippen LogP) is 3.15. The van der Waals surface area contributed by atoms with Gasteiger partial charge >= 0.3 is 0 Å². The molecule has 1 atom stereocenters. The quantitative estimate of drug-likeness (QED) is 0.834. The van der Waals surface area contributed by atoms with E-state index in [-0.39, 0.29) is 24.1 Å². The molecule has 1 amide bonds. The van der Waals surface area contributed by atoms with Crippen molar-refractivity contribution >= 4 is 21.8 Å². The van der Waals surface area contributed by atoms with Crippen LogP contribution < -0.4 is 15.8 Å². The standard InChI is InChI=1S/C15H23BrN2O2/c1-5-15(3,4)18-14(19)9-20-13-7-6-11(16)8-12(13)10(2)17/h6-8,10H,5,9,17H2,1-4H3,(H,18,19). The second-order valence-electron chi connectivity index (χ2n) is 5.55. The minimum absolute atomic E-state index is 0.00914. The molecule has 1 aromatic carbocycles. The number of nitrogens with one attached hydrogen (secondary N) is 1. The summed E-state index contributed by atoms with van der Waals surface area (Å²) < 4.78 is 6.53. The van der Waals surface area contributed by atoms with Gasteiger partial charge in [0.1, 0.15) is 5.75 Å². The fourth-order valence-corrected chi connectivity index (χ4v) is 2.03. The Kier molecular flexibility index (Phi) is 6.02. The Morgan fingerprint density at radius 2 is 2.15 bits per heavy atom. The van der Waals surface area contributed by atoms with E-state index in [1.54, 1.807) is 0 Å². The van der Waals surface area contributed by atoms with Gasteiger partial charge in [-0.15, -0.1) is 0 Å². The third-order valence-electron chi connectivity index (χ3n) is 3.18. The molecule has 0 saturated heterocycles. The molecule has 1 unspecified atom stereocenters. The second kappa shape index (κ2) is 7.09. The highest BCUT2D eigenvalue weighted by atomic mass is 79.9. The molecule has 4 nitrogen and oxygen atoms in total. The van der Waals surface area contributed by atoms with E-state index < -0.39 is 0 Å². The van der Waals surface area contributed by atoms with Gasteiger partial charge in [0.15, 0.2) is 6.61 Å². The van der Waals surface area contributed by atoms with Crippen LogP contribution in [0.4, 0.5) is 0 Å². The summed E-state index contributed by atoms with van der Waals surface area (Å²) in [5.41, 5.74) is 6.57. The molecule has 20 heavy (non-hydrogen) atoms. The number of carbonyl (C=O) groups is 1. The van der Waals surface area contributed by atoms with Crippen LogP contribution >= 0.6 is 15.9 Å². The maximum atomic E-state index is 11.9. The van der Waals surface area contributed by atoms with Gasteiger partial charge in [0, 0.05) is 21.6 Å². The molecule has 0 fully saturated rings. The number of hydrogen-bond donors (Lipinski definition) is 2. The Morgan fingerprint density at radius 3 is 2.70 bits per heavy atom. The number of amides is 1. The summed E-state index contributed by atoms with van der Waals surface area (Å²) in [6.45, 7) is 7.87. The Morgan fingerprint density at radius 1 is 1.50 bits per heavy atom. The fourth-order valence-electron chi connectivity index (χ4n) is 1.65. The van der Waals surface area contributed by atoms with Crippen molar-refractivity contribution in [1.29, 1.82) is 0 Å². The lowest BCUT2D eigenvalue weighted by Gasteiger charge is -2.24. The van der Waals surface area contributed by atoms with E-state index in [9.17, 15) is 4.79 Å². The first kappa shape index (κ1) is 17.0. The van der Waals surface area contributed by atoms with Crippen molar-refractivity contribution in [1.82, 2.24) is 5.32 Å². The molecule has 3 N–H and O–H groups in total. The Labute approximate surface area is 129 Å². The van der Waals surface area contributed by atoms with Gasteiger partial charge in [-0.3, -0.25) is 4.79 Å². The van der Waals surface area contributed by atoms with Crippen molar-refractivity contribution in [2.24, 2.45) is 5.73 Å². The zero-order valence-electron chi connectivity index (χ0n) is 12.5. The number of halogens is 1. The highest BCUT2D eigenvalue weighted by molar-refractivity contribution is 9.10. The molecular formula is C15H23BrN2O2. The van der Waals surface area contributed by atoms with Crippen LogP contribution in [0.1, 0.15) is 45.7 Å². The van der Waals surface area contributed by atoms with E-state index in [1.165, 1.54) is 0 Å². The monoisotopic (exact) mass is 342 g/mol. The van der Waals surface area contributed by atoms with Gasteiger partial charge in [-0.2, -0.15) is 0 Å². The molecule has 0 aliphatic carbocycles. The third kappa shape index (κ3) is 5.13. The maximum Gasteiger partial charge on any atom is 0.258 e. The Bertz CT molecular complexity index is 473. The van der Waals surface area contributed by atoms with Crippen molar-refractivity contribution in [3.05, 3.63) is 28.2 Å². The molecule has 0 saturated carbocycles. The van der Waals surface area contributed by atoms with Crippen molar-refractivity contribution in [3.63, 3.8) is 0 Å². The molecule has 0 aromatic heterocycles. The molecule has 1 rings (SSSR count). The zero-order valence-corrected chi connectivity index (χ0v) is 14.1. The van der Waals surface area contributed by atoms with Gasteiger partial charge in [0.05, 0.1) is 0 Å². The van der Waals surface area contributed by atoms with E-state index in [0.717, 1.165) is 16.5 Å². The molecule has 0 heterocycles. The largest absolute Gasteiger partial charge is 0.483 e. The first-order valence-electron chi connectivity index (χ1n) is 6.74. The predicted molar refractivity (Wildman–Crippen MR) is 84.8 cm³/mol. The van der Waals surface area contributed by atoms with Crippen LogP contribution in [-0.2, 0) is 4.79 Å².